The minimum atomic E-state index is 0.517. The van der Waals surface area contributed by atoms with Gasteiger partial charge in [-0.3, -0.25) is 0 Å². The molecule has 0 aromatic rings. The van der Waals surface area contributed by atoms with Gasteiger partial charge in [0.25, 0.3) is 0 Å². The maximum absolute atomic E-state index is 5.77. The van der Waals surface area contributed by atoms with Gasteiger partial charge in [-0.1, -0.05) is 6.92 Å². The van der Waals surface area contributed by atoms with Gasteiger partial charge in [-0.15, -0.1) is 0 Å². The Hall–Kier alpha value is -0.120. The van der Waals surface area contributed by atoms with Crippen LogP contribution in [0.3, 0.4) is 0 Å². The normalized spacial score (nSPS) is 32.8. The molecule has 2 atom stereocenters. The van der Waals surface area contributed by atoms with Crippen LogP contribution in [0.5, 0.6) is 0 Å². The lowest BCUT2D eigenvalue weighted by atomic mass is 9.92. The predicted octanol–water partition coefficient (Wildman–Crippen LogP) is 1.88. The van der Waals surface area contributed by atoms with Crippen molar-refractivity contribution in [2.24, 2.45) is 5.92 Å². The first-order chi connectivity index (χ1) is 8.33. The summed E-state index contributed by atoms with van der Waals surface area (Å²) in [4.78, 5) is 2.72. The first-order valence-corrected chi connectivity index (χ1v) is 7.33. The molecule has 0 spiro atoms. The van der Waals surface area contributed by atoms with Crippen LogP contribution >= 0.6 is 0 Å². The van der Waals surface area contributed by atoms with Gasteiger partial charge in [0, 0.05) is 12.6 Å². The van der Waals surface area contributed by atoms with Crippen molar-refractivity contribution in [3.8, 4) is 0 Å². The van der Waals surface area contributed by atoms with E-state index in [1.807, 2.05) is 0 Å². The molecule has 3 nitrogen and oxygen atoms in total. The molecule has 2 unspecified atom stereocenters. The van der Waals surface area contributed by atoms with Crippen LogP contribution in [-0.4, -0.2) is 50.3 Å². The van der Waals surface area contributed by atoms with E-state index in [-0.39, 0.29) is 0 Å². The molecule has 2 fully saturated rings. The van der Waals surface area contributed by atoms with Gasteiger partial charge in [-0.25, -0.2) is 0 Å². The van der Waals surface area contributed by atoms with E-state index >= 15 is 0 Å². The third-order valence-electron chi connectivity index (χ3n) is 4.45. The summed E-state index contributed by atoms with van der Waals surface area (Å²) >= 11 is 0. The van der Waals surface area contributed by atoms with Gasteiger partial charge >= 0.3 is 0 Å². The van der Waals surface area contributed by atoms with Crippen molar-refractivity contribution < 1.29 is 4.74 Å². The van der Waals surface area contributed by atoms with Gasteiger partial charge in [0.05, 0.1) is 6.10 Å². The molecular formula is C14H28N2O. The molecule has 0 aromatic carbocycles. The Morgan fingerprint density at radius 2 is 2.00 bits per heavy atom. The van der Waals surface area contributed by atoms with Gasteiger partial charge in [0.15, 0.2) is 0 Å². The molecule has 2 rings (SSSR count). The highest BCUT2D eigenvalue weighted by Gasteiger charge is 2.29. The molecule has 2 aliphatic rings. The van der Waals surface area contributed by atoms with Gasteiger partial charge < -0.3 is 15.0 Å². The van der Waals surface area contributed by atoms with Crippen LogP contribution in [-0.2, 0) is 4.74 Å². The van der Waals surface area contributed by atoms with Crippen molar-refractivity contribution in [2.45, 2.75) is 51.2 Å². The molecule has 0 bridgehead atoms. The number of likely N-dealkylation sites (tertiary alicyclic amines) is 1. The topological polar surface area (TPSA) is 24.5 Å². The van der Waals surface area contributed by atoms with E-state index in [4.69, 9.17) is 4.74 Å². The molecule has 0 aromatic heterocycles. The second kappa shape index (κ2) is 6.72. The number of nitrogens with one attached hydrogen (secondary N) is 1. The third-order valence-corrected chi connectivity index (χ3v) is 4.45. The monoisotopic (exact) mass is 240 g/mol. The zero-order chi connectivity index (χ0) is 12.1. The Kier molecular flexibility index (Phi) is 5.26. The Bertz CT molecular complexity index is 214. The summed E-state index contributed by atoms with van der Waals surface area (Å²) in [7, 11) is 2.07. The molecule has 2 aliphatic heterocycles. The van der Waals surface area contributed by atoms with Crippen LogP contribution in [0.1, 0.15) is 39.0 Å². The average molecular weight is 240 g/mol. The van der Waals surface area contributed by atoms with E-state index in [1.54, 1.807) is 0 Å². The molecule has 100 valence electrons. The quantitative estimate of drug-likeness (QED) is 0.812. The van der Waals surface area contributed by atoms with E-state index in [2.05, 4.69) is 24.2 Å². The summed E-state index contributed by atoms with van der Waals surface area (Å²) in [5.41, 5.74) is 0. The molecule has 0 amide bonds. The fourth-order valence-electron chi connectivity index (χ4n) is 3.29. The van der Waals surface area contributed by atoms with Crippen LogP contribution in [0.2, 0.25) is 0 Å². The van der Waals surface area contributed by atoms with Crippen molar-refractivity contribution in [3.63, 3.8) is 0 Å². The number of rotatable bonds is 4. The van der Waals surface area contributed by atoms with Crippen molar-refractivity contribution in [3.05, 3.63) is 0 Å². The molecule has 2 heterocycles. The highest BCUT2D eigenvalue weighted by Crippen LogP contribution is 2.25. The van der Waals surface area contributed by atoms with Crippen LogP contribution in [0.25, 0.3) is 0 Å². The van der Waals surface area contributed by atoms with Crippen LogP contribution in [0.15, 0.2) is 0 Å². The number of hydrogen-bond donors (Lipinski definition) is 1. The van der Waals surface area contributed by atoms with Gasteiger partial charge in [-0.05, 0) is 64.7 Å². The Labute approximate surface area is 106 Å². The minimum absolute atomic E-state index is 0.517. The number of hydrogen-bond acceptors (Lipinski definition) is 3. The van der Waals surface area contributed by atoms with Crippen LogP contribution in [0, 0.1) is 5.92 Å². The van der Waals surface area contributed by atoms with E-state index < -0.39 is 0 Å². The highest BCUT2D eigenvalue weighted by atomic mass is 16.5. The summed E-state index contributed by atoms with van der Waals surface area (Å²) in [5, 5.41) is 3.31. The van der Waals surface area contributed by atoms with E-state index in [1.165, 1.54) is 51.7 Å². The minimum Gasteiger partial charge on any atom is -0.378 e. The second-order valence-corrected chi connectivity index (χ2v) is 5.62. The average Bonchev–Trinajstić information content (AvgIpc) is 2.40. The number of nitrogens with zero attached hydrogens (tertiary/aromatic N) is 1. The van der Waals surface area contributed by atoms with Crippen molar-refractivity contribution in [2.75, 3.05) is 33.3 Å². The Morgan fingerprint density at radius 3 is 2.65 bits per heavy atom. The molecule has 0 saturated carbocycles. The molecule has 1 N–H and O–H groups in total. The van der Waals surface area contributed by atoms with Gasteiger partial charge in [0.2, 0.25) is 0 Å². The van der Waals surface area contributed by atoms with E-state index in [0.717, 1.165) is 18.6 Å². The summed E-state index contributed by atoms with van der Waals surface area (Å²) < 4.78 is 5.77. The summed E-state index contributed by atoms with van der Waals surface area (Å²) in [6.45, 7) is 7.01. The summed E-state index contributed by atoms with van der Waals surface area (Å²) in [5.74, 6) is 0.901. The molecule has 0 radical (unpaired) electrons. The maximum Gasteiger partial charge on any atom is 0.0587 e. The fraction of sp³-hybridized carbons (Fsp3) is 1.00. The lowest BCUT2D eigenvalue weighted by Gasteiger charge is -2.41. The first kappa shape index (κ1) is 13.3. The Balaban J connectivity index is 1.76. The maximum atomic E-state index is 5.77. The van der Waals surface area contributed by atoms with Crippen LogP contribution < -0.4 is 5.32 Å². The molecule has 2 saturated heterocycles. The van der Waals surface area contributed by atoms with Crippen molar-refractivity contribution in [1.82, 2.24) is 10.2 Å². The molecule has 3 heteroatoms. The second-order valence-electron chi connectivity index (χ2n) is 5.62. The third kappa shape index (κ3) is 3.67. The highest BCUT2D eigenvalue weighted by molar-refractivity contribution is 4.83. The predicted molar refractivity (Wildman–Crippen MR) is 71.3 cm³/mol. The standard InChI is InChI=1S/C14H28N2O/c1-3-14-10-13(6-9-17-14)16-7-4-12(5-8-16)11-15-2/h12-15H,3-11H2,1-2H3. The largest absolute Gasteiger partial charge is 0.378 e. The zero-order valence-electron chi connectivity index (χ0n) is 11.5. The first-order valence-electron chi connectivity index (χ1n) is 7.33. The zero-order valence-corrected chi connectivity index (χ0v) is 11.5. The van der Waals surface area contributed by atoms with Crippen molar-refractivity contribution in [1.29, 1.82) is 0 Å². The van der Waals surface area contributed by atoms with Crippen molar-refractivity contribution >= 4 is 0 Å². The van der Waals surface area contributed by atoms with Crippen LogP contribution in [0.4, 0.5) is 0 Å². The number of piperidine rings is 1. The number of ether oxygens (including phenoxy) is 1. The van der Waals surface area contributed by atoms with E-state index in [9.17, 15) is 0 Å². The lowest BCUT2D eigenvalue weighted by Crippen LogP contribution is -2.46. The molecular weight excluding hydrogens is 212 g/mol. The summed E-state index contributed by atoms with van der Waals surface area (Å²) in [6, 6.07) is 0.796. The van der Waals surface area contributed by atoms with E-state index in [0.29, 0.717) is 6.10 Å². The fourth-order valence-corrected chi connectivity index (χ4v) is 3.29. The summed E-state index contributed by atoms with van der Waals surface area (Å²) in [6.07, 6.45) is 6.93. The molecule has 0 aliphatic carbocycles. The van der Waals surface area contributed by atoms with Gasteiger partial charge in [-0.2, -0.15) is 0 Å². The SMILES string of the molecule is CCC1CC(N2CCC(CNC)CC2)CCO1. The van der Waals surface area contributed by atoms with Gasteiger partial charge in [0.1, 0.15) is 0 Å². The smallest absolute Gasteiger partial charge is 0.0587 e. The molecule has 17 heavy (non-hydrogen) atoms. The lowest BCUT2D eigenvalue weighted by molar-refractivity contribution is -0.0345. The Morgan fingerprint density at radius 1 is 1.24 bits per heavy atom.